The summed E-state index contributed by atoms with van der Waals surface area (Å²) in [5.74, 6) is -0.929. The Bertz CT molecular complexity index is 1200. The van der Waals surface area contributed by atoms with Gasteiger partial charge in [-0.3, -0.25) is 9.59 Å². The zero-order valence-corrected chi connectivity index (χ0v) is 17.1. The molecule has 1 heterocycles. The lowest BCUT2D eigenvalue weighted by Crippen LogP contribution is -2.31. The van der Waals surface area contributed by atoms with Crippen molar-refractivity contribution < 1.29 is 18.0 Å². The topological polar surface area (TPSA) is 110 Å². The molecule has 0 saturated heterocycles. The van der Waals surface area contributed by atoms with Crippen LogP contribution in [0.5, 0.6) is 0 Å². The normalized spacial score (nSPS) is 11.1. The molecule has 0 fully saturated rings. The fourth-order valence-corrected chi connectivity index (χ4v) is 4.04. The van der Waals surface area contributed by atoms with Crippen molar-refractivity contribution >= 4 is 39.1 Å². The van der Waals surface area contributed by atoms with Gasteiger partial charge in [-0.2, -0.15) is 0 Å². The van der Waals surface area contributed by atoms with Gasteiger partial charge in [-0.25, -0.2) is 18.1 Å². The second-order valence-electron chi connectivity index (χ2n) is 6.15. The molecule has 0 spiro atoms. The number of aryl methyl sites for hydroxylation is 1. The number of imidazole rings is 1. The number of amides is 2. The SMILES string of the molecule is CC(=O)Nc1ccccc1S(=O)(=O)NC(=O)c1cn(C)c(-c2ccccc2Cl)n1. The number of aromatic nitrogens is 2. The van der Waals surface area contributed by atoms with Gasteiger partial charge in [0.2, 0.25) is 5.91 Å². The molecule has 1 aromatic heterocycles. The summed E-state index contributed by atoms with van der Waals surface area (Å²) < 4.78 is 28.9. The van der Waals surface area contributed by atoms with Crippen LogP contribution in [-0.2, 0) is 21.9 Å². The lowest BCUT2D eigenvalue weighted by molar-refractivity contribution is -0.114. The van der Waals surface area contributed by atoms with E-state index in [2.05, 4.69) is 10.3 Å². The van der Waals surface area contributed by atoms with E-state index in [4.69, 9.17) is 11.6 Å². The molecule has 2 aromatic carbocycles. The molecule has 10 heteroatoms. The van der Waals surface area contributed by atoms with Crippen molar-refractivity contribution in [3.63, 3.8) is 0 Å². The average Bonchev–Trinajstić information content (AvgIpc) is 3.03. The molecule has 8 nitrogen and oxygen atoms in total. The lowest BCUT2D eigenvalue weighted by atomic mass is 10.2. The molecule has 0 atom stereocenters. The van der Waals surface area contributed by atoms with Crippen molar-refractivity contribution in [1.29, 1.82) is 0 Å². The van der Waals surface area contributed by atoms with Gasteiger partial charge in [0.25, 0.3) is 15.9 Å². The maximum absolute atomic E-state index is 12.7. The molecule has 0 unspecified atom stereocenters. The van der Waals surface area contributed by atoms with Crippen LogP contribution in [0, 0.1) is 0 Å². The minimum absolute atomic E-state index is 0.0677. The van der Waals surface area contributed by atoms with Gasteiger partial charge in [0.05, 0.1) is 10.7 Å². The third-order valence-electron chi connectivity index (χ3n) is 3.94. The maximum atomic E-state index is 12.7. The number of benzene rings is 2. The van der Waals surface area contributed by atoms with Crippen LogP contribution >= 0.6 is 11.6 Å². The second kappa shape index (κ2) is 8.06. The van der Waals surface area contributed by atoms with Crippen molar-refractivity contribution in [2.24, 2.45) is 7.05 Å². The summed E-state index contributed by atoms with van der Waals surface area (Å²) in [5, 5.41) is 2.88. The summed E-state index contributed by atoms with van der Waals surface area (Å²) in [6.45, 7) is 1.26. The minimum Gasteiger partial charge on any atom is -0.333 e. The van der Waals surface area contributed by atoms with Gasteiger partial charge in [0.15, 0.2) is 0 Å². The Balaban J connectivity index is 1.91. The number of para-hydroxylation sites is 1. The molecule has 2 N–H and O–H groups in total. The Morgan fingerprint density at radius 3 is 2.41 bits per heavy atom. The van der Waals surface area contributed by atoms with Gasteiger partial charge in [-0.05, 0) is 24.3 Å². The van der Waals surface area contributed by atoms with E-state index in [1.807, 2.05) is 4.72 Å². The first-order valence-electron chi connectivity index (χ1n) is 8.41. The summed E-state index contributed by atoms with van der Waals surface area (Å²) in [4.78, 5) is 27.9. The highest BCUT2D eigenvalue weighted by Gasteiger charge is 2.24. The van der Waals surface area contributed by atoms with Crippen molar-refractivity contribution in [2.75, 3.05) is 5.32 Å². The highest BCUT2D eigenvalue weighted by Crippen LogP contribution is 2.26. The molecule has 0 aliphatic heterocycles. The van der Waals surface area contributed by atoms with Crippen molar-refractivity contribution in [1.82, 2.24) is 14.3 Å². The molecule has 3 aromatic rings. The molecule has 2 amide bonds. The van der Waals surface area contributed by atoms with E-state index in [1.165, 1.54) is 31.3 Å². The van der Waals surface area contributed by atoms with Crippen LogP contribution in [-0.4, -0.2) is 29.8 Å². The monoisotopic (exact) mass is 432 g/mol. The summed E-state index contributed by atoms with van der Waals surface area (Å²) in [6.07, 6.45) is 1.41. The summed E-state index contributed by atoms with van der Waals surface area (Å²) in [6, 6.07) is 12.7. The Labute approximate surface area is 172 Å². The largest absolute Gasteiger partial charge is 0.333 e. The van der Waals surface area contributed by atoms with Gasteiger partial charge in [0, 0.05) is 25.7 Å². The highest BCUT2D eigenvalue weighted by atomic mass is 35.5. The van der Waals surface area contributed by atoms with E-state index in [9.17, 15) is 18.0 Å². The smallest absolute Gasteiger partial charge is 0.285 e. The van der Waals surface area contributed by atoms with Crippen molar-refractivity contribution in [3.8, 4) is 11.4 Å². The Morgan fingerprint density at radius 1 is 1.07 bits per heavy atom. The Kier molecular flexibility index (Phi) is 5.71. The third kappa shape index (κ3) is 4.47. The van der Waals surface area contributed by atoms with Crippen LogP contribution in [0.3, 0.4) is 0 Å². The van der Waals surface area contributed by atoms with Gasteiger partial charge in [-0.15, -0.1) is 0 Å². The van der Waals surface area contributed by atoms with Gasteiger partial charge < -0.3 is 9.88 Å². The number of hydrogen-bond acceptors (Lipinski definition) is 5. The molecular weight excluding hydrogens is 416 g/mol. The second-order valence-corrected chi connectivity index (χ2v) is 8.21. The molecule has 0 saturated carbocycles. The molecule has 0 bridgehead atoms. The molecular formula is C19H17ClN4O4S. The molecule has 0 radical (unpaired) electrons. The van der Waals surface area contributed by atoms with E-state index in [-0.39, 0.29) is 16.3 Å². The van der Waals surface area contributed by atoms with Gasteiger partial charge in [-0.1, -0.05) is 35.9 Å². The number of hydrogen-bond donors (Lipinski definition) is 2. The zero-order chi connectivity index (χ0) is 21.2. The van der Waals surface area contributed by atoms with E-state index in [0.29, 0.717) is 16.4 Å². The summed E-state index contributed by atoms with van der Waals surface area (Å²) in [5.41, 5.74) is 0.579. The first kappa shape index (κ1) is 20.6. The summed E-state index contributed by atoms with van der Waals surface area (Å²) in [7, 11) is -2.58. The maximum Gasteiger partial charge on any atom is 0.285 e. The zero-order valence-electron chi connectivity index (χ0n) is 15.5. The van der Waals surface area contributed by atoms with E-state index >= 15 is 0 Å². The third-order valence-corrected chi connectivity index (χ3v) is 5.66. The first-order valence-corrected chi connectivity index (χ1v) is 10.3. The van der Waals surface area contributed by atoms with Crippen molar-refractivity contribution in [3.05, 3.63) is 65.4 Å². The van der Waals surface area contributed by atoms with E-state index < -0.39 is 21.8 Å². The lowest BCUT2D eigenvalue weighted by Gasteiger charge is -2.11. The number of carbonyl (C=O) groups is 2. The standard InChI is InChI=1S/C19H17ClN4O4S/c1-12(25)21-15-9-5-6-10-17(15)29(27,28)23-19(26)16-11-24(2)18(22-16)13-7-3-4-8-14(13)20/h3-11H,1-2H3,(H,21,25)(H,23,26). The van der Waals surface area contributed by atoms with Crippen LogP contribution in [0.2, 0.25) is 5.02 Å². The number of nitrogens with one attached hydrogen (secondary N) is 2. The van der Waals surface area contributed by atoms with Crippen LogP contribution in [0.1, 0.15) is 17.4 Å². The average molecular weight is 433 g/mol. The van der Waals surface area contributed by atoms with Gasteiger partial charge in [0.1, 0.15) is 16.4 Å². The fraction of sp³-hybridized carbons (Fsp3) is 0.105. The quantitative estimate of drug-likeness (QED) is 0.644. The Morgan fingerprint density at radius 2 is 1.72 bits per heavy atom. The van der Waals surface area contributed by atoms with Gasteiger partial charge >= 0.3 is 0 Å². The number of carbonyl (C=O) groups excluding carboxylic acids is 2. The molecule has 0 aliphatic carbocycles. The van der Waals surface area contributed by atoms with Crippen LogP contribution in [0.4, 0.5) is 5.69 Å². The van der Waals surface area contributed by atoms with Crippen LogP contribution in [0.25, 0.3) is 11.4 Å². The van der Waals surface area contributed by atoms with Crippen LogP contribution in [0.15, 0.2) is 59.6 Å². The first-order chi connectivity index (χ1) is 13.7. The summed E-state index contributed by atoms with van der Waals surface area (Å²) >= 11 is 6.18. The minimum atomic E-state index is -4.25. The number of rotatable bonds is 5. The highest BCUT2D eigenvalue weighted by molar-refractivity contribution is 7.90. The van der Waals surface area contributed by atoms with Crippen LogP contribution < -0.4 is 10.0 Å². The molecule has 150 valence electrons. The Hall–Kier alpha value is -3.17. The predicted molar refractivity (Wildman–Crippen MR) is 109 cm³/mol. The molecule has 3 rings (SSSR count). The number of halogens is 1. The van der Waals surface area contributed by atoms with E-state index in [1.54, 1.807) is 41.9 Å². The number of nitrogens with zero attached hydrogens (tertiary/aromatic N) is 2. The number of sulfonamides is 1. The predicted octanol–water partition coefficient (Wildman–Crippen LogP) is 2.82. The molecule has 0 aliphatic rings. The molecule has 29 heavy (non-hydrogen) atoms. The van der Waals surface area contributed by atoms with Crippen molar-refractivity contribution in [2.45, 2.75) is 11.8 Å². The number of anilines is 1. The fourth-order valence-electron chi connectivity index (χ4n) is 2.69. The van der Waals surface area contributed by atoms with E-state index in [0.717, 1.165) is 0 Å².